The molecule has 0 aromatic heterocycles. The van der Waals surface area contributed by atoms with Crippen molar-refractivity contribution in [3.8, 4) is 11.8 Å². The first-order valence-electron chi connectivity index (χ1n) is 9.84. The molecule has 0 spiro atoms. The molecule has 0 aliphatic rings. The molecule has 0 saturated carbocycles. The van der Waals surface area contributed by atoms with Gasteiger partial charge in [0.1, 0.15) is 6.61 Å². The van der Waals surface area contributed by atoms with Gasteiger partial charge in [-0.15, -0.1) is 0 Å². The van der Waals surface area contributed by atoms with E-state index in [-0.39, 0.29) is 12.6 Å². The van der Waals surface area contributed by atoms with Crippen molar-refractivity contribution >= 4 is 12.0 Å². The first kappa shape index (κ1) is 20.2. The average Bonchev–Trinajstić information content (AvgIpc) is 2.77. The van der Waals surface area contributed by atoms with Crippen LogP contribution in [0.1, 0.15) is 46.0 Å². The monoisotopic (exact) mass is 380 g/mol. The van der Waals surface area contributed by atoms with E-state index >= 15 is 0 Å². The minimum atomic E-state index is -0.339. The van der Waals surface area contributed by atoms with Gasteiger partial charge in [-0.1, -0.05) is 73.7 Å². The van der Waals surface area contributed by atoms with E-state index in [9.17, 15) is 4.79 Å². The summed E-state index contributed by atoms with van der Waals surface area (Å²) in [6, 6.07) is 25.4. The Hall–Kier alpha value is -3.57. The zero-order chi connectivity index (χ0) is 20.3. The highest BCUT2D eigenvalue weighted by molar-refractivity contribution is 5.89. The second-order valence-electron chi connectivity index (χ2n) is 6.69. The molecule has 29 heavy (non-hydrogen) atoms. The third kappa shape index (κ3) is 6.52. The molecule has 0 aliphatic heterocycles. The third-order valence-electron chi connectivity index (χ3n) is 4.38. The van der Waals surface area contributed by atoms with Crippen LogP contribution in [0, 0.1) is 11.8 Å². The average molecular weight is 380 g/mol. The number of hydrogen-bond acceptors (Lipinski definition) is 2. The lowest BCUT2D eigenvalue weighted by molar-refractivity contribution is 0.0550. The molecule has 0 atom stereocenters. The number of esters is 1. The van der Waals surface area contributed by atoms with Gasteiger partial charge in [0.15, 0.2) is 0 Å². The van der Waals surface area contributed by atoms with Crippen molar-refractivity contribution in [2.45, 2.75) is 19.8 Å². The molecule has 2 heteroatoms. The summed E-state index contributed by atoms with van der Waals surface area (Å²) in [5.74, 6) is 5.96. The van der Waals surface area contributed by atoms with Crippen LogP contribution in [0.3, 0.4) is 0 Å². The molecule has 3 aromatic carbocycles. The lowest BCUT2D eigenvalue weighted by atomic mass is 10.1. The fourth-order valence-electron chi connectivity index (χ4n) is 2.83. The van der Waals surface area contributed by atoms with Gasteiger partial charge in [0.25, 0.3) is 0 Å². The minimum Gasteiger partial charge on any atom is -0.458 e. The second kappa shape index (κ2) is 10.7. The van der Waals surface area contributed by atoms with Gasteiger partial charge in [0.2, 0.25) is 0 Å². The fourth-order valence-corrected chi connectivity index (χ4v) is 2.83. The Morgan fingerprint density at radius 1 is 0.862 bits per heavy atom. The van der Waals surface area contributed by atoms with Crippen LogP contribution in [0.25, 0.3) is 6.08 Å². The summed E-state index contributed by atoms with van der Waals surface area (Å²) in [6.45, 7) is 2.41. The quantitative estimate of drug-likeness (QED) is 0.392. The van der Waals surface area contributed by atoms with Crippen molar-refractivity contribution in [1.82, 2.24) is 0 Å². The van der Waals surface area contributed by atoms with E-state index in [1.165, 1.54) is 5.56 Å². The van der Waals surface area contributed by atoms with E-state index < -0.39 is 0 Å². The largest absolute Gasteiger partial charge is 0.458 e. The highest BCUT2D eigenvalue weighted by atomic mass is 16.5. The number of aryl methyl sites for hydroxylation is 1. The minimum absolute atomic E-state index is 0.239. The zero-order valence-electron chi connectivity index (χ0n) is 16.6. The Kier molecular flexibility index (Phi) is 7.43. The molecule has 0 unspecified atom stereocenters. The van der Waals surface area contributed by atoms with Gasteiger partial charge < -0.3 is 4.74 Å². The normalized spacial score (nSPS) is 10.4. The Labute approximate surface area is 172 Å². The lowest BCUT2D eigenvalue weighted by Crippen LogP contribution is -2.04. The number of hydrogen-bond donors (Lipinski definition) is 0. The zero-order valence-corrected chi connectivity index (χ0v) is 16.6. The van der Waals surface area contributed by atoms with Crippen LogP contribution in [0.5, 0.6) is 0 Å². The van der Waals surface area contributed by atoms with Crippen molar-refractivity contribution in [1.29, 1.82) is 0 Å². The highest BCUT2D eigenvalue weighted by Crippen LogP contribution is 2.08. The summed E-state index contributed by atoms with van der Waals surface area (Å²) in [5.41, 5.74) is 4.78. The molecule has 0 amide bonds. The van der Waals surface area contributed by atoms with Gasteiger partial charge in [0.05, 0.1) is 5.56 Å². The van der Waals surface area contributed by atoms with E-state index in [1.54, 1.807) is 12.1 Å². The molecular formula is C27H24O2. The lowest BCUT2D eigenvalue weighted by Gasteiger charge is -2.02. The predicted octanol–water partition coefficient (Wildman–Crippen LogP) is 5.91. The van der Waals surface area contributed by atoms with Gasteiger partial charge in [-0.2, -0.15) is 0 Å². The van der Waals surface area contributed by atoms with Crippen molar-refractivity contribution < 1.29 is 9.53 Å². The van der Waals surface area contributed by atoms with E-state index in [4.69, 9.17) is 4.74 Å². The summed E-state index contributed by atoms with van der Waals surface area (Å²) in [4.78, 5) is 12.1. The number of carbonyl (C=O) groups is 1. The van der Waals surface area contributed by atoms with Gasteiger partial charge >= 0.3 is 5.97 Å². The van der Waals surface area contributed by atoms with Crippen LogP contribution in [0.2, 0.25) is 0 Å². The van der Waals surface area contributed by atoms with Gasteiger partial charge in [-0.05, 0) is 60.0 Å². The van der Waals surface area contributed by atoms with Crippen LogP contribution < -0.4 is 0 Å². The molecule has 0 N–H and O–H groups in total. The van der Waals surface area contributed by atoms with Gasteiger partial charge in [-0.3, -0.25) is 0 Å². The van der Waals surface area contributed by atoms with Crippen molar-refractivity contribution in [3.05, 3.63) is 113 Å². The number of ether oxygens (including phenoxy) is 1. The van der Waals surface area contributed by atoms with Crippen LogP contribution in [0.15, 0.2) is 84.9 Å². The Morgan fingerprint density at radius 3 is 2.10 bits per heavy atom. The highest BCUT2D eigenvalue weighted by Gasteiger charge is 2.05. The van der Waals surface area contributed by atoms with Crippen LogP contribution in [-0.4, -0.2) is 12.6 Å². The summed E-state index contributed by atoms with van der Waals surface area (Å²) < 4.78 is 5.29. The Bertz CT molecular complexity index is 1000. The van der Waals surface area contributed by atoms with Gasteiger partial charge in [-0.25, -0.2) is 4.79 Å². The molecule has 0 bridgehead atoms. The van der Waals surface area contributed by atoms with E-state index in [0.29, 0.717) is 5.56 Å². The first-order valence-corrected chi connectivity index (χ1v) is 9.84. The molecule has 0 fully saturated rings. The van der Waals surface area contributed by atoms with Crippen molar-refractivity contribution in [2.24, 2.45) is 0 Å². The topological polar surface area (TPSA) is 26.3 Å². The molecule has 0 aliphatic carbocycles. The molecule has 3 aromatic rings. The van der Waals surface area contributed by atoms with Crippen LogP contribution in [0.4, 0.5) is 0 Å². The predicted molar refractivity (Wildman–Crippen MR) is 119 cm³/mol. The van der Waals surface area contributed by atoms with Crippen LogP contribution in [-0.2, 0) is 11.2 Å². The van der Waals surface area contributed by atoms with E-state index in [1.807, 2.05) is 66.7 Å². The molecule has 0 saturated heterocycles. The van der Waals surface area contributed by atoms with E-state index in [0.717, 1.165) is 29.5 Å². The molecule has 144 valence electrons. The standard InChI is InChI=1S/C27H24O2/c1-2-7-22-11-13-24(14-12-22)15-16-25-17-19-26(20-18-25)27(28)29-21-6-10-23-8-4-3-5-9-23/h3-6,8-14,17-20H,2,7,21H2,1H3/b10-6+. The summed E-state index contributed by atoms with van der Waals surface area (Å²) in [5, 5.41) is 0. The Morgan fingerprint density at radius 2 is 1.48 bits per heavy atom. The van der Waals surface area contributed by atoms with Crippen molar-refractivity contribution in [2.75, 3.05) is 6.61 Å². The maximum atomic E-state index is 12.1. The number of carbonyl (C=O) groups excluding carboxylic acids is 1. The van der Waals surface area contributed by atoms with Gasteiger partial charge in [0, 0.05) is 11.1 Å². The maximum Gasteiger partial charge on any atom is 0.338 e. The number of benzene rings is 3. The third-order valence-corrected chi connectivity index (χ3v) is 4.38. The molecule has 0 heterocycles. The SMILES string of the molecule is CCCc1ccc(C#Cc2ccc(C(=O)OC/C=C/c3ccccc3)cc2)cc1. The Balaban J connectivity index is 1.53. The molecule has 3 rings (SSSR count). The fraction of sp³-hybridized carbons (Fsp3) is 0.148. The summed E-state index contributed by atoms with van der Waals surface area (Å²) in [7, 11) is 0. The summed E-state index contributed by atoms with van der Waals surface area (Å²) in [6.07, 6.45) is 6.00. The number of rotatable bonds is 6. The second-order valence-corrected chi connectivity index (χ2v) is 6.69. The molecular weight excluding hydrogens is 356 g/mol. The smallest absolute Gasteiger partial charge is 0.338 e. The first-order chi connectivity index (χ1) is 14.2. The van der Waals surface area contributed by atoms with Crippen LogP contribution >= 0.6 is 0 Å². The van der Waals surface area contributed by atoms with E-state index in [2.05, 4.69) is 30.9 Å². The maximum absolute atomic E-state index is 12.1. The molecule has 0 radical (unpaired) electrons. The summed E-state index contributed by atoms with van der Waals surface area (Å²) >= 11 is 0. The molecule has 2 nitrogen and oxygen atoms in total. The van der Waals surface area contributed by atoms with Crippen molar-refractivity contribution in [3.63, 3.8) is 0 Å².